The Bertz CT molecular complexity index is 1130. The monoisotopic (exact) mass is 438 g/mol. The Balaban J connectivity index is 1.67. The number of aromatic nitrogens is 3. The van der Waals surface area contributed by atoms with Gasteiger partial charge in [-0.1, -0.05) is 0 Å². The SMILES string of the molecule is Cc1ccnc(Nc2cc3ccn(CCN4CCOCC4)c(=O)c3c(NC(C)CO)n2)c1. The van der Waals surface area contributed by atoms with E-state index in [2.05, 4.69) is 25.5 Å². The van der Waals surface area contributed by atoms with Crippen LogP contribution >= 0.6 is 0 Å². The Morgan fingerprint density at radius 2 is 2.00 bits per heavy atom. The first kappa shape index (κ1) is 22.2. The molecule has 0 aromatic carbocycles. The predicted molar refractivity (Wildman–Crippen MR) is 126 cm³/mol. The Kier molecular flexibility index (Phi) is 6.99. The number of ether oxygens (including phenoxy) is 1. The summed E-state index contributed by atoms with van der Waals surface area (Å²) in [6.07, 6.45) is 3.57. The number of morpholine rings is 1. The number of fused-ring (bicyclic) bond motifs is 1. The normalized spacial score (nSPS) is 15.6. The van der Waals surface area contributed by atoms with E-state index in [1.54, 1.807) is 10.8 Å². The molecule has 0 radical (unpaired) electrons. The average molecular weight is 439 g/mol. The summed E-state index contributed by atoms with van der Waals surface area (Å²) in [6, 6.07) is 7.38. The maximum Gasteiger partial charge on any atom is 0.262 e. The number of rotatable bonds is 8. The van der Waals surface area contributed by atoms with Crippen molar-refractivity contribution >= 4 is 28.2 Å². The molecular formula is C23H30N6O3. The molecule has 4 heterocycles. The van der Waals surface area contributed by atoms with Gasteiger partial charge in [0, 0.05) is 44.6 Å². The lowest BCUT2D eigenvalue weighted by molar-refractivity contribution is 0.0363. The van der Waals surface area contributed by atoms with Gasteiger partial charge in [-0.2, -0.15) is 0 Å². The topological polar surface area (TPSA) is 105 Å². The summed E-state index contributed by atoms with van der Waals surface area (Å²) < 4.78 is 7.12. The number of pyridine rings is 3. The molecule has 0 saturated carbocycles. The second-order valence-electron chi connectivity index (χ2n) is 8.16. The average Bonchev–Trinajstić information content (AvgIpc) is 2.79. The highest BCUT2D eigenvalue weighted by molar-refractivity contribution is 5.93. The third-order valence-corrected chi connectivity index (χ3v) is 5.55. The van der Waals surface area contributed by atoms with Crippen LogP contribution in [-0.2, 0) is 11.3 Å². The third-order valence-electron chi connectivity index (χ3n) is 5.55. The van der Waals surface area contributed by atoms with Gasteiger partial charge in [-0.15, -0.1) is 0 Å². The number of anilines is 3. The summed E-state index contributed by atoms with van der Waals surface area (Å²) in [5.41, 5.74) is 0.981. The van der Waals surface area contributed by atoms with Crippen LogP contribution < -0.4 is 16.2 Å². The number of nitrogens with one attached hydrogen (secondary N) is 2. The number of hydrogen-bond donors (Lipinski definition) is 3. The van der Waals surface area contributed by atoms with Crippen LogP contribution in [0.4, 0.5) is 17.5 Å². The number of aliphatic hydroxyl groups is 1. The highest BCUT2D eigenvalue weighted by atomic mass is 16.5. The fourth-order valence-corrected chi connectivity index (χ4v) is 3.74. The lowest BCUT2D eigenvalue weighted by Gasteiger charge is -2.26. The van der Waals surface area contributed by atoms with Gasteiger partial charge in [0.05, 0.1) is 25.2 Å². The third kappa shape index (κ3) is 5.24. The van der Waals surface area contributed by atoms with Crippen molar-refractivity contribution in [1.29, 1.82) is 0 Å². The van der Waals surface area contributed by atoms with Crippen LogP contribution in [0.25, 0.3) is 10.8 Å². The van der Waals surface area contributed by atoms with E-state index < -0.39 is 0 Å². The van der Waals surface area contributed by atoms with E-state index in [-0.39, 0.29) is 18.2 Å². The number of nitrogens with zero attached hydrogens (tertiary/aromatic N) is 4. The van der Waals surface area contributed by atoms with Gasteiger partial charge in [-0.05, 0) is 49.1 Å². The summed E-state index contributed by atoms with van der Waals surface area (Å²) in [5.74, 6) is 1.70. The van der Waals surface area contributed by atoms with Gasteiger partial charge in [0.25, 0.3) is 5.56 Å². The van der Waals surface area contributed by atoms with Crippen molar-refractivity contribution in [2.75, 3.05) is 50.1 Å². The zero-order valence-corrected chi connectivity index (χ0v) is 18.5. The molecule has 0 spiro atoms. The van der Waals surface area contributed by atoms with Crippen molar-refractivity contribution < 1.29 is 9.84 Å². The molecule has 4 rings (SSSR count). The van der Waals surface area contributed by atoms with Gasteiger partial charge in [0.2, 0.25) is 0 Å². The Labute approximate surface area is 187 Å². The quantitative estimate of drug-likeness (QED) is 0.490. The highest BCUT2D eigenvalue weighted by Gasteiger charge is 2.15. The molecule has 32 heavy (non-hydrogen) atoms. The first-order valence-corrected chi connectivity index (χ1v) is 10.9. The van der Waals surface area contributed by atoms with Crippen LogP contribution in [-0.4, -0.2) is 70.0 Å². The Hall–Kier alpha value is -3.01. The van der Waals surface area contributed by atoms with E-state index in [1.807, 2.05) is 44.3 Å². The molecular weight excluding hydrogens is 408 g/mol. The van der Waals surface area contributed by atoms with Crippen molar-refractivity contribution in [1.82, 2.24) is 19.4 Å². The largest absolute Gasteiger partial charge is 0.394 e. The Morgan fingerprint density at radius 3 is 2.75 bits per heavy atom. The maximum atomic E-state index is 13.4. The zero-order valence-electron chi connectivity index (χ0n) is 18.5. The molecule has 0 aliphatic carbocycles. The molecule has 3 aromatic rings. The molecule has 170 valence electrons. The maximum absolute atomic E-state index is 13.4. The Morgan fingerprint density at radius 1 is 1.19 bits per heavy atom. The standard InChI is InChI=1S/C23H30N6O3/c1-16-3-5-24-19(13-16)26-20-14-18-4-6-29(8-7-28-9-11-32-12-10-28)23(31)21(18)22(27-20)25-17(2)15-30/h3-6,13-14,17,30H,7-12,15H2,1-2H3,(H2,24,25,26,27). The van der Waals surface area contributed by atoms with Crippen LogP contribution in [0.3, 0.4) is 0 Å². The fraction of sp³-hybridized carbons (Fsp3) is 0.435. The number of hydrogen-bond acceptors (Lipinski definition) is 8. The van der Waals surface area contributed by atoms with E-state index in [1.165, 1.54) is 0 Å². The van der Waals surface area contributed by atoms with Gasteiger partial charge in [0.15, 0.2) is 0 Å². The van der Waals surface area contributed by atoms with Crippen molar-refractivity contribution in [2.45, 2.75) is 26.4 Å². The summed E-state index contributed by atoms with van der Waals surface area (Å²) in [7, 11) is 0. The molecule has 0 bridgehead atoms. The second-order valence-corrected chi connectivity index (χ2v) is 8.16. The first-order chi connectivity index (χ1) is 15.5. The lowest BCUT2D eigenvalue weighted by atomic mass is 10.2. The summed E-state index contributed by atoms with van der Waals surface area (Å²) in [5, 5.41) is 17.2. The molecule has 1 atom stereocenters. The minimum absolute atomic E-state index is 0.0711. The number of aliphatic hydroxyl groups excluding tert-OH is 1. The van der Waals surface area contributed by atoms with Crippen LogP contribution in [0.5, 0.6) is 0 Å². The second kappa shape index (κ2) is 10.1. The molecule has 0 amide bonds. The molecule has 3 aromatic heterocycles. The van der Waals surface area contributed by atoms with E-state index in [0.29, 0.717) is 29.4 Å². The van der Waals surface area contributed by atoms with Crippen LogP contribution in [0.1, 0.15) is 12.5 Å². The van der Waals surface area contributed by atoms with Crippen LogP contribution in [0.2, 0.25) is 0 Å². The molecule has 1 unspecified atom stereocenters. The molecule has 1 aliphatic rings. The van der Waals surface area contributed by atoms with Crippen molar-refractivity contribution in [3.63, 3.8) is 0 Å². The first-order valence-electron chi connectivity index (χ1n) is 10.9. The van der Waals surface area contributed by atoms with Crippen LogP contribution in [0.15, 0.2) is 41.5 Å². The molecule has 9 heteroatoms. The minimum Gasteiger partial charge on any atom is -0.394 e. The van der Waals surface area contributed by atoms with Gasteiger partial charge in [-0.3, -0.25) is 9.69 Å². The highest BCUT2D eigenvalue weighted by Crippen LogP contribution is 2.24. The molecule has 9 nitrogen and oxygen atoms in total. The molecule has 3 N–H and O–H groups in total. The van der Waals surface area contributed by atoms with Gasteiger partial charge in [0.1, 0.15) is 17.5 Å². The van der Waals surface area contributed by atoms with E-state index in [4.69, 9.17) is 4.74 Å². The summed E-state index contributed by atoms with van der Waals surface area (Å²) in [6.45, 7) is 8.38. The smallest absolute Gasteiger partial charge is 0.262 e. The van der Waals surface area contributed by atoms with E-state index in [9.17, 15) is 9.90 Å². The fourth-order valence-electron chi connectivity index (χ4n) is 3.74. The van der Waals surface area contributed by atoms with Crippen molar-refractivity contribution in [3.05, 3.63) is 52.6 Å². The molecule has 1 fully saturated rings. The summed E-state index contributed by atoms with van der Waals surface area (Å²) >= 11 is 0. The molecule has 1 aliphatic heterocycles. The van der Waals surface area contributed by atoms with Crippen molar-refractivity contribution in [3.8, 4) is 0 Å². The van der Waals surface area contributed by atoms with Crippen LogP contribution in [0, 0.1) is 6.92 Å². The van der Waals surface area contributed by atoms with E-state index >= 15 is 0 Å². The zero-order chi connectivity index (χ0) is 22.5. The van der Waals surface area contributed by atoms with Crippen molar-refractivity contribution in [2.24, 2.45) is 0 Å². The molecule has 1 saturated heterocycles. The predicted octanol–water partition coefficient (Wildman–Crippen LogP) is 1.97. The minimum atomic E-state index is -0.251. The summed E-state index contributed by atoms with van der Waals surface area (Å²) in [4.78, 5) is 24.6. The van der Waals surface area contributed by atoms with Gasteiger partial charge < -0.3 is 25.0 Å². The van der Waals surface area contributed by atoms with Gasteiger partial charge in [-0.25, -0.2) is 9.97 Å². The number of aryl methyl sites for hydroxylation is 1. The lowest BCUT2D eigenvalue weighted by Crippen LogP contribution is -2.39. The van der Waals surface area contributed by atoms with E-state index in [0.717, 1.165) is 43.8 Å². The van der Waals surface area contributed by atoms with Gasteiger partial charge >= 0.3 is 0 Å².